The zero-order valence-corrected chi connectivity index (χ0v) is 12.4. The van der Waals surface area contributed by atoms with Crippen LogP contribution < -0.4 is 0 Å². The van der Waals surface area contributed by atoms with Gasteiger partial charge >= 0.3 is 0 Å². The molecule has 0 aromatic heterocycles. The molecular weight excluding hydrogens is 226 g/mol. The zero-order valence-electron chi connectivity index (χ0n) is 11.6. The second-order valence-corrected chi connectivity index (χ2v) is 6.37. The van der Waals surface area contributed by atoms with E-state index >= 15 is 0 Å². The summed E-state index contributed by atoms with van der Waals surface area (Å²) in [4.78, 5) is 4.17. The molecule has 0 fully saturated rings. The SMILES string of the molecule is CCC1=CCCC(CC)[C@H]1N1CSC(C)=C1C. The van der Waals surface area contributed by atoms with Crippen molar-refractivity contribution in [2.75, 3.05) is 5.88 Å². The second kappa shape index (κ2) is 5.51. The Morgan fingerprint density at radius 1 is 1.35 bits per heavy atom. The van der Waals surface area contributed by atoms with Crippen molar-refractivity contribution in [3.63, 3.8) is 0 Å². The average Bonchev–Trinajstić information content (AvgIpc) is 2.69. The van der Waals surface area contributed by atoms with Crippen LogP contribution in [0.2, 0.25) is 0 Å². The Hall–Kier alpha value is -0.370. The molecular formula is C15H25NS. The van der Waals surface area contributed by atoms with E-state index in [2.05, 4.69) is 38.7 Å². The molecule has 1 heterocycles. The Bertz CT molecular complexity index is 343. The monoisotopic (exact) mass is 251 g/mol. The van der Waals surface area contributed by atoms with Gasteiger partial charge in [-0.2, -0.15) is 0 Å². The molecule has 2 rings (SSSR count). The molecule has 0 spiro atoms. The Morgan fingerprint density at radius 3 is 2.65 bits per heavy atom. The highest BCUT2D eigenvalue weighted by Gasteiger charge is 2.33. The maximum Gasteiger partial charge on any atom is 0.0686 e. The van der Waals surface area contributed by atoms with E-state index in [1.165, 1.54) is 36.3 Å². The fraction of sp³-hybridized carbons (Fsp3) is 0.733. The summed E-state index contributed by atoms with van der Waals surface area (Å²) in [6.45, 7) is 9.22. The van der Waals surface area contributed by atoms with Crippen molar-refractivity contribution in [2.24, 2.45) is 5.92 Å². The molecule has 0 amide bonds. The van der Waals surface area contributed by atoms with Crippen LogP contribution >= 0.6 is 11.8 Å². The highest BCUT2D eigenvalue weighted by molar-refractivity contribution is 8.03. The normalized spacial score (nSPS) is 29.9. The van der Waals surface area contributed by atoms with Gasteiger partial charge < -0.3 is 4.90 Å². The van der Waals surface area contributed by atoms with Crippen molar-refractivity contribution in [1.82, 2.24) is 4.90 Å². The number of hydrogen-bond donors (Lipinski definition) is 0. The quantitative estimate of drug-likeness (QED) is 0.665. The van der Waals surface area contributed by atoms with Crippen molar-refractivity contribution in [3.05, 3.63) is 22.3 Å². The van der Waals surface area contributed by atoms with Gasteiger partial charge in [0.05, 0.1) is 11.9 Å². The van der Waals surface area contributed by atoms with Crippen LogP contribution in [0.25, 0.3) is 0 Å². The predicted molar refractivity (Wildman–Crippen MR) is 77.8 cm³/mol. The van der Waals surface area contributed by atoms with E-state index in [9.17, 15) is 0 Å². The molecule has 1 nitrogen and oxygen atoms in total. The fourth-order valence-electron chi connectivity index (χ4n) is 3.16. The van der Waals surface area contributed by atoms with E-state index in [-0.39, 0.29) is 0 Å². The Labute approximate surface area is 110 Å². The van der Waals surface area contributed by atoms with Crippen molar-refractivity contribution in [1.29, 1.82) is 0 Å². The first kappa shape index (κ1) is 13.1. The Kier molecular flexibility index (Phi) is 4.24. The molecule has 1 aliphatic heterocycles. The first-order chi connectivity index (χ1) is 8.19. The Morgan fingerprint density at radius 2 is 2.12 bits per heavy atom. The van der Waals surface area contributed by atoms with Gasteiger partial charge in [0, 0.05) is 10.6 Å². The predicted octanol–water partition coefficient (Wildman–Crippen LogP) is 4.77. The van der Waals surface area contributed by atoms with Crippen molar-refractivity contribution in [2.45, 2.75) is 59.4 Å². The molecule has 2 atom stereocenters. The lowest BCUT2D eigenvalue weighted by molar-refractivity contribution is 0.217. The van der Waals surface area contributed by atoms with Crippen molar-refractivity contribution < 1.29 is 0 Å². The van der Waals surface area contributed by atoms with Crippen molar-refractivity contribution >= 4 is 11.8 Å². The number of thioether (sulfide) groups is 1. The minimum atomic E-state index is 0.684. The molecule has 1 aliphatic carbocycles. The molecule has 0 radical (unpaired) electrons. The van der Waals surface area contributed by atoms with Crippen LogP contribution in [0.4, 0.5) is 0 Å². The number of hydrogen-bond acceptors (Lipinski definition) is 2. The molecule has 0 aromatic carbocycles. The van der Waals surface area contributed by atoms with E-state index < -0.39 is 0 Å². The van der Waals surface area contributed by atoms with Gasteiger partial charge in [-0.15, -0.1) is 11.8 Å². The molecule has 0 saturated carbocycles. The van der Waals surface area contributed by atoms with Crippen LogP contribution in [0.1, 0.15) is 53.4 Å². The summed E-state index contributed by atoms with van der Waals surface area (Å²) in [5.41, 5.74) is 3.19. The summed E-state index contributed by atoms with van der Waals surface area (Å²) in [7, 11) is 0. The van der Waals surface area contributed by atoms with Crippen LogP contribution in [0.5, 0.6) is 0 Å². The van der Waals surface area contributed by atoms with Crippen LogP contribution in [-0.4, -0.2) is 16.8 Å². The third-order valence-electron chi connectivity index (χ3n) is 4.40. The van der Waals surface area contributed by atoms with E-state index in [1.807, 2.05) is 11.8 Å². The molecule has 0 saturated heterocycles. The van der Waals surface area contributed by atoms with Crippen LogP contribution in [-0.2, 0) is 0 Å². The van der Waals surface area contributed by atoms with Gasteiger partial charge in [0.1, 0.15) is 0 Å². The lowest BCUT2D eigenvalue weighted by Crippen LogP contribution is -2.40. The van der Waals surface area contributed by atoms with E-state index in [0.717, 1.165) is 11.8 Å². The fourth-order valence-corrected chi connectivity index (χ4v) is 4.17. The summed E-state index contributed by atoms with van der Waals surface area (Å²) in [6.07, 6.45) is 7.70. The summed E-state index contributed by atoms with van der Waals surface area (Å²) in [5, 5.41) is 0. The second-order valence-electron chi connectivity index (χ2n) is 5.21. The molecule has 2 heteroatoms. The summed E-state index contributed by atoms with van der Waals surface area (Å²) in [5.74, 6) is 2.02. The van der Waals surface area contributed by atoms with Crippen LogP contribution in [0.3, 0.4) is 0 Å². The minimum Gasteiger partial charge on any atom is -0.358 e. The van der Waals surface area contributed by atoms with Crippen LogP contribution in [0.15, 0.2) is 22.3 Å². The zero-order chi connectivity index (χ0) is 12.4. The first-order valence-corrected chi connectivity index (χ1v) is 7.93. The molecule has 17 heavy (non-hydrogen) atoms. The molecule has 0 N–H and O–H groups in total. The van der Waals surface area contributed by atoms with Gasteiger partial charge in [-0.25, -0.2) is 0 Å². The third kappa shape index (κ3) is 2.42. The van der Waals surface area contributed by atoms with Gasteiger partial charge in [0.15, 0.2) is 0 Å². The first-order valence-electron chi connectivity index (χ1n) is 6.94. The minimum absolute atomic E-state index is 0.684. The molecule has 2 aliphatic rings. The van der Waals surface area contributed by atoms with E-state index in [4.69, 9.17) is 0 Å². The van der Waals surface area contributed by atoms with Crippen molar-refractivity contribution in [3.8, 4) is 0 Å². The maximum absolute atomic E-state index is 2.66. The summed E-state index contributed by atoms with van der Waals surface area (Å²) in [6, 6.07) is 0.684. The largest absolute Gasteiger partial charge is 0.358 e. The number of nitrogens with zero attached hydrogens (tertiary/aromatic N) is 1. The van der Waals surface area contributed by atoms with E-state index in [0.29, 0.717) is 6.04 Å². The highest BCUT2D eigenvalue weighted by atomic mass is 32.2. The average molecular weight is 251 g/mol. The number of allylic oxidation sites excluding steroid dienone is 3. The summed E-state index contributed by atoms with van der Waals surface area (Å²) >= 11 is 2.01. The van der Waals surface area contributed by atoms with Gasteiger partial charge in [-0.1, -0.05) is 31.9 Å². The smallest absolute Gasteiger partial charge is 0.0686 e. The molecule has 0 bridgehead atoms. The van der Waals surface area contributed by atoms with Gasteiger partial charge in [-0.05, 0) is 39.0 Å². The number of rotatable bonds is 3. The third-order valence-corrected chi connectivity index (χ3v) is 5.53. The molecule has 1 unspecified atom stereocenters. The summed E-state index contributed by atoms with van der Waals surface area (Å²) < 4.78 is 0. The molecule has 96 valence electrons. The Balaban J connectivity index is 2.26. The standard InChI is InChI=1S/C15H25NS/c1-5-13-8-7-9-14(6-2)15(13)16-10-17-12(4)11(16)3/h8,14-15H,5-7,9-10H2,1-4H3/t14?,15-/m0/s1. The van der Waals surface area contributed by atoms with Gasteiger partial charge in [0.25, 0.3) is 0 Å². The maximum atomic E-state index is 2.66. The lowest BCUT2D eigenvalue weighted by Gasteiger charge is -2.40. The molecule has 0 aromatic rings. The topological polar surface area (TPSA) is 3.24 Å². The highest BCUT2D eigenvalue weighted by Crippen LogP contribution is 2.40. The van der Waals surface area contributed by atoms with Gasteiger partial charge in [-0.3, -0.25) is 0 Å². The van der Waals surface area contributed by atoms with Gasteiger partial charge in [0.2, 0.25) is 0 Å². The lowest BCUT2D eigenvalue weighted by atomic mass is 9.80. The van der Waals surface area contributed by atoms with Crippen LogP contribution in [0, 0.1) is 5.92 Å². The van der Waals surface area contributed by atoms with E-state index in [1.54, 1.807) is 5.57 Å².